The van der Waals surface area contributed by atoms with Gasteiger partial charge in [0.25, 0.3) is 0 Å². The van der Waals surface area contributed by atoms with E-state index in [4.69, 9.17) is 9.47 Å². The van der Waals surface area contributed by atoms with Gasteiger partial charge in [0.2, 0.25) is 0 Å². The van der Waals surface area contributed by atoms with Crippen molar-refractivity contribution in [3.05, 3.63) is 35.6 Å². The van der Waals surface area contributed by atoms with Gasteiger partial charge >= 0.3 is 0 Å². The second-order valence-electron chi connectivity index (χ2n) is 6.12. The summed E-state index contributed by atoms with van der Waals surface area (Å²) in [5, 5.41) is 0. The van der Waals surface area contributed by atoms with E-state index in [1.807, 2.05) is 19.1 Å². The lowest BCUT2D eigenvalue weighted by Crippen LogP contribution is -2.64. The van der Waals surface area contributed by atoms with Crippen LogP contribution in [0.3, 0.4) is 0 Å². The Morgan fingerprint density at radius 2 is 2.19 bits per heavy atom. The lowest BCUT2D eigenvalue weighted by Gasteiger charge is -2.50. The van der Waals surface area contributed by atoms with Crippen molar-refractivity contribution in [3.63, 3.8) is 0 Å². The lowest BCUT2D eigenvalue weighted by atomic mass is 9.79. The molecule has 0 amide bonds. The Labute approximate surface area is 126 Å². The number of ether oxygens (including phenoxy) is 2. The quantitative estimate of drug-likeness (QED) is 0.753. The van der Waals surface area contributed by atoms with Crippen molar-refractivity contribution in [1.29, 1.82) is 0 Å². The number of likely N-dealkylation sites (tertiary alicyclic amines) is 1. The van der Waals surface area contributed by atoms with Crippen LogP contribution in [0.5, 0.6) is 0 Å². The zero-order valence-corrected chi connectivity index (χ0v) is 12.7. The van der Waals surface area contributed by atoms with E-state index in [2.05, 4.69) is 4.90 Å². The summed E-state index contributed by atoms with van der Waals surface area (Å²) in [6, 6.07) is 7.02. The van der Waals surface area contributed by atoms with E-state index in [1.165, 1.54) is 6.07 Å². The number of hydrogen-bond acceptors (Lipinski definition) is 3. The second kappa shape index (κ2) is 6.42. The molecule has 3 rings (SSSR count). The van der Waals surface area contributed by atoms with Gasteiger partial charge < -0.3 is 9.47 Å². The standard InChI is InChI=1S/C17H24FNO2/c1-2-20-9-7-15-8-10-21-17(15)12-19(13-17)11-14-5-3-4-6-16(14)18/h3-6,15H,2,7-13H2,1H3/t15-/m0/s1. The fourth-order valence-corrected chi connectivity index (χ4v) is 3.60. The van der Waals surface area contributed by atoms with Crippen LogP contribution in [0.4, 0.5) is 4.39 Å². The van der Waals surface area contributed by atoms with Gasteiger partial charge in [-0.25, -0.2) is 4.39 Å². The summed E-state index contributed by atoms with van der Waals surface area (Å²) < 4.78 is 25.2. The smallest absolute Gasteiger partial charge is 0.127 e. The molecule has 4 heteroatoms. The van der Waals surface area contributed by atoms with Gasteiger partial charge in [-0.3, -0.25) is 4.90 Å². The molecule has 0 bridgehead atoms. The highest BCUT2D eigenvalue weighted by Crippen LogP contribution is 2.42. The van der Waals surface area contributed by atoms with Crippen molar-refractivity contribution in [1.82, 2.24) is 4.90 Å². The molecule has 2 fully saturated rings. The van der Waals surface area contributed by atoms with Gasteiger partial charge in [-0.05, 0) is 31.7 Å². The zero-order chi connectivity index (χ0) is 14.7. The molecule has 2 heterocycles. The molecule has 3 nitrogen and oxygen atoms in total. The van der Waals surface area contributed by atoms with Crippen molar-refractivity contribution in [2.45, 2.75) is 31.9 Å². The summed E-state index contributed by atoms with van der Waals surface area (Å²) in [6.45, 7) is 6.98. The lowest BCUT2D eigenvalue weighted by molar-refractivity contribution is -0.139. The van der Waals surface area contributed by atoms with E-state index in [-0.39, 0.29) is 11.4 Å². The number of benzene rings is 1. The van der Waals surface area contributed by atoms with Crippen LogP contribution in [-0.2, 0) is 16.0 Å². The number of rotatable bonds is 6. The maximum atomic E-state index is 13.7. The topological polar surface area (TPSA) is 21.7 Å². The Morgan fingerprint density at radius 3 is 2.95 bits per heavy atom. The van der Waals surface area contributed by atoms with Gasteiger partial charge in [0.05, 0.1) is 5.60 Å². The van der Waals surface area contributed by atoms with Crippen molar-refractivity contribution < 1.29 is 13.9 Å². The molecule has 0 saturated carbocycles. The first-order valence-electron chi connectivity index (χ1n) is 7.91. The highest BCUT2D eigenvalue weighted by atomic mass is 19.1. The summed E-state index contributed by atoms with van der Waals surface area (Å²) in [7, 11) is 0. The van der Waals surface area contributed by atoms with Crippen molar-refractivity contribution in [3.8, 4) is 0 Å². The fraction of sp³-hybridized carbons (Fsp3) is 0.647. The summed E-state index contributed by atoms with van der Waals surface area (Å²) >= 11 is 0. The van der Waals surface area contributed by atoms with Gasteiger partial charge in [0.15, 0.2) is 0 Å². The zero-order valence-electron chi connectivity index (χ0n) is 12.7. The van der Waals surface area contributed by atoms with Crippen LogP contribution in [0.2, 0.25) is 0 Å². The predicted molar refractivity (Wildman–Crippen MR) is 79.6 cm³/mol. The maximum Gasteiger partial charge on any atom is 0.127 e. The molecule has 2 saturated heterocycles. The molecule has 0 radical (unpaired) electrons. The summed E-state index contributed by atoms with van der Waals surface area (Å²) in [5.74, 6) is 0.472. The minimum Gasteiger partial charge on any atom is -0.382 e. The highest BCUT2D eigenvalue weighted by Gasteiger charge is 2.52. The molecule has 21 heavy (non-hydrogen) atoms. The molecule has 0 N–H and O–H groups in total. The first-order valence-corrected chi connectivity index (χ1v) is 7.91. The second-order valence-corrected chi connectivity index (χ2v) is 6.12. The average molecular weight is 293 g/mol. The van der Waals surface area contributed by atoms with Crippen LogP contribution in [0, 0.1) is 11.7 Å². The van der Waals surface area contributed by atoms with Crippen LogP contribution in [0.15, 0.2) is 24.3 Å². The predicted octanol–water partition coefficient (Wildman–Crippen LogP) is 2.84. The minimum absolute atomic E-state index is 0.00234. The van der Waals surface area contributed by atoms with Crippen LogP contribution >= 0.6 is 0 Å². The molecule has 1 spiro atoms. The number of nitrogens with zero attached hydrogens (tertiary/aromatic N) is 1. The van der Waals surface area contributed by atoms with Gasteiger partial charge in [-0.15, -0.1) is 0 Å². The summed E-state index contributed by atoms with van der Waals surface area (Å²) in [5.41, 5.74) is 0.777. The molecule has 116 valence electrons. The Morgan fingerprint density at radius 1 is 1.38 bits per heavy atom. The van der Waals surface area contributed by atoms with Gasteiger partial charge in [0, 0.05) is 45.0 Å². The molecule has 0 aliphatic carbocycles. The van der Waals surface area contributed by atoms with Gasteiger partial charge in [0.1, 0.15) is 5.82 Å². The summed E-state index contributed by atoms with van der Waals surface area (Å²) in [6.07, 6.45) is 2.20. The van der Waals surface area contributed by atoms with E-state index in [0.717, 1.165) is 51.3 Å². The third-order valence-electron chi connectivity index (χ3n) is 4.75. The van der Waals surface area contributed by atoms with Crippen LogP contribution in [0.1, 0.15) is 25.3 Å². The first-order chi connectivity index (χ1) is 10.2. The molecule has 1 aromatic rings. The van der Waals surface area contributed by atoms with E-state index in [0.29, 0.717) is 12.5 Å². The highest BCUT2D eigenvalue weighted by molar-refractivity contribution is 5.18. The normalized spacial score (nSPS) is 24.4. The minimum atomic E-state index is -0.112. The third-order valence-corrected chi connectivity index (χ3v) is 4.75. The molecular formula is C17H24FNO2. The molecule has 2 aliphatic heterocycles. The molecule has 1 aromatic carbocycles. The third kappa shape index (κ3) is 3.12. The van der Waals surface area contributed by atoms with Gasteiger partial charge in [-0.1, -0.05) is 18.2 Å². The van der Waals surface area contributed by atoms with E-state index < -0.39 is 0 Å². The van der Waals surface area contributed by atoms with E-state index in [1.54, 1.807) is 6.07 Å². The first kappa shape index (κ1) is 14.9. The fourth-order valence-electron chi connectivity index (χ4n) is 3.60. The Balaban J connectivity index is 1.53. The molecule has 2 aliphatic rings. The Kier molecular flexibility index (Phi) is 4.57. The van der Waals surface area contributed by atoms with Crippen molar-refractivity contribution in [2.24, 2.45) is 5.92 Å². The van der Waals surface area contributed by atoms with Crippen LogP contribution in [-0.4, -0.2) is 43.4 Å². The largest absolute Gasteiger partial charge is 0.382 e. The Hall–Kier alpha value is -0.970. The molecule has 1 atom stereocenters. The van der Waals surface area contributed by atoms with E-state index in [9.17, 15) is 4.39 Å². The maximum absolute atomic E-state index is 13.7. The number of hydrogen-bond donors (Lipinski definition) is 0. The van der Waals surface area contributed by atoms with Crippen molar-refractivity contribution in [2.75, 3.05) is 32.9 Å². The van der Waals surface area contributed by atoms with Gasteiger partial charge in [-0.2, -0.15) is 0 Å². The average Bonchev–Trinajstić information content (AvgIpc) is 2.85. The monoisotopic (exact) mass is 293 g/mol. The SMILES string of the molecule is CCOCC[C@H]1CCOC12CN(Cc1ccccc1F)C2. The molecule has 0 aromatic heterocycles. The van der Waals surface area contributed by atoms with Crippen LogP contribution in [0.25, 0.3) is 0 Å². The number of halogens is 1. The molecular weight excluding hydrogens is 269 g/mol. The van der Waals surface area contributed by atoms with E-state index >= 15 is 0 Å². The van der Waals surface area contributed by atoms with Crippen LogP contribution < -0.4 is 0 Å². The molecule has 0 unspecified atom stereocenters. The van der Waals surface area contributed by atoms with Crippen molar-refractivity contribution >= 4 is 0 Å². The summed E-state index contributed by atoms with van der Waals surface area (Å²) in [4.78, 5) is 2.28. The Bertz CT molecular complexity index is 474.